The van der Waals surface area contributed by atoms with E-state index in [0.717, 1.165) is 0 Å². The second-order valence-electron chi connectivity index (χ2n) is 1.56. The Balaban J connectivity index is 2.41. The lowest BCUT2D eigenvalue weighted by atomic mass is 10.3. The molecule has 1 heterocycles. The molecule has 3 atom stereocenters. The number of hydrogen-bond acceptors (Lipinski definition) is 3. The van der Waals surface area contributed by atoms with Crippen LogP contribution in [0.15, 0.2) is 0 Å². The van der Waals surface area contributed by atoms with E-state index in [0.29, 0.717) is 0 Å². The van der Waals surface area contributed by atoms with Gasteiger partial charge >= 0.3 is 0 Å². The lowest BCUT2D eigenvalue weighted by molar-refractivity contribution is 0.178. The maximum absolute atomic E-state index is 8.92. The van der Waals surface area contributed by atoms with Crippen molar-refractivity contribution >= 4 is 11.8 Å². The summed E-state index contributed by atoms with van der Waals surface area (Å²) in [5, 5.41) is 8.92. The minimum Gasteiger partial charge on any atom is -0.540 e. The molecule has 1 N–H and O–H groups in total. The largest absolute Gasteiger partial charge is 0.540 e. The molecular formula is C5H9O2S-. The molecule has 0 aromatic heterocycles. The zero-order valence-corrected chi connectivity index (χ0v) is 5.39. The molecule has 0 amide bonds. The third-order valence-corrected chi connectivity index (χ3v) is 1.67. The van der Waals surface area contributed by atoms with E-state index in [1.807, 2.05) is 6.26 Å². The van der Waals surface area contributed by atoms with Crippen molar-refractivity contribution in [3.63, 3.8) is 0 Å². The van der Waals surface area contributed by atoms with Gasteiger partial charge in [0.2, 0.25) is 0 Å². The summed E-state index contributed by atoms with van der Waals surface area (Å²) in [5.41, 5.74) is -0.181. The number of thioether (sulfide) groups is 1. The highest BCUT2D eigenvalue weighted by molar-refractivity contribution is 7.99. The van der Waals surface area contributed by atoms with Crippen LogP contribution in [-0.4, -0.2) is 22.9 Å². The predicted molar refractivity (Wildman–Crippen MR) is 33.3 cm³/mol. The normalized spacial score (nSPS) is 49.2. The molecule has 1 saturated heterocycles. The van der Waals surface area contributed by atoms with Crippen LogP contribution in [0.1, 0.15) is 7.77 Å². The highest BCUT2D eigenvalue weighted by Gasteiger charge is 2.12. The monoisotopic (exact) mass is 134 g/mol. The van der Waals surface area contributed by atoms with E-state index in [2.05, 4.69) is 0 Å². The molecule has 0 aliphatic carbocycles. The Hall–Kier alpha value is 0.270. The zero-order valence-electron chi connectivity index (χ0n) is 5.57. The van der Waals surface area contributed by atoms with Gasteiger partial charge in [-0.25, -0.2) is 0 Å². The molecule has 3 unspecified atom stereocenters. The number of hydrogen-bond donors (Lipinski definition) is 1. The summed E-state index contributed by atoms with van der Waals surface area (Å²) in [5.74, 6) is 0. The Morgan fingerprint density at radius 1 is 2.12 bits per heavy atom. The summed E-state index contributed by atoms with van der Waals surface area (Å²) >= 11 is 1.44. The second kappa shape index (κ2) is 2.71. The number of aliphatic hydroxyl groups is 1. The summed E-state index contributed by atoms with van der Waals surface area (Å²) in [6.45, 7) is 1.32. The maximum atomic E-state index is 8.92. The van der Waals surface area contributed by atoms with E-state index in [-0.39, 0.29) is 5.44 Å². The Morgan fingerprint density at radius 3 is 3.12 bits per heavy atom. The van der Waals surface area contributed by atoms with Crippen LogP contribution in [0.5, 0.6) is 0 Å². The van der Waals surface area contributed by atoms with Gasteiger partial charge in [0.15, 0.2) is 0 Å². The first-order valence-corrected chi connectivity index (χ1v) is 3.66. The van der Waals surface area contributed by atoms with Gasteiger partial charge in [-0.05, 0) is 18.8 Å². The first-order chi connectivity index (χ1) is 4.25. The van der Waals surface area contributed by atoms with Crippen molar-refractivity contribution in [2.75, 3.05) is 6.26 Å². The molecule has 2 nitrogen and oxygen atoms in total. The van der Waals surface area contributed by atoms with E-state index in [1.54, 1.807) is 0 Å². The van der Waals surface area contributed by atoms with Gasteiger partial charge in [0, 0.05) is 1.37 Å². The van der Waals surface area contributed by atoms with Gasteiger partial charge in [0.25, 0.3) is 0 Å². The SMILES string of the molecule is [2H]C1C(O)[CH-]OC1SC. The average molecular weight is 134 g/mol. The third kappa shape index (κ3) is 1.37. The smallest absolute Gasteiger partial charge is 0.0707 e. The van der Waals surface area contributed by atoms with Gasteiger partial charge < -0.3 is 9.84 Å². The van der Waals surface area contributed by atoms with Crippen molar-refractivity contribution in [2.24, 2.45) is 0 Å². The van der Waals surface area contributed by atoms with Gasteiger partial charge in [-0.3, -0.25) is 0 Å². The second-order valence-corrected chi connectivity index (χ2v) is 2.50. The summed E-state index contributed by atoms with van der Waals surface area (Å²) in [6, 6.07) is 0. The highest BCUT2D eigenvalue weighted by atomic mass is 32.2. The van der Waals surface area contributed by atoms with Crippen LogP contribution < -0.4 is 0 Å². The molecule has 1 fully saturated rings. The fourth-order valence-electron chi connectivity index (χ4n) is 0.544. The Labute approximate surface area is 54.6 Å². The molecular weight excluding hydrogens is 124 g/mol. The van der Waals surface area contributed by atoms with Crippen LogP contribution in [0.3, 0.4) is 0 Å². The van der Waals surface area contributed by atoms with Crippen LogP contribution >= 0.6 is 11.8 Å². The molecule has 0 radical (unpaired) electrons. The van der Waals surface area contributed by atoms with Crippen molar-refractivity contribution in [3.05, 3.63) is 6.61 Å². The van der Waals surface area contributed by atoms with Gasteiger partial charge in [-0.15, -0.1) is 11.8 Å². The van der Waals surface area contributed by atoms with Gasteiger partial charge in [0.05, 0.1) is 5.44 Å². The van der Waals surface area contributed by atoms with Crippen LogP contribution in [0, 0.1) is 6.61 Å². The molecule has 1 aliphatic rings. The molecule has 48 valence electrons. The van der Waals surface area contributed by atoms with E-state index >= 15 is 0 Å². The molecule has 1 aliphatic heterocycles. The number of aliphatic hydroxyl groups excluding tert-OH is 1. The predicted octanol–water partition coefficient (Wildman–Crippen LogP) is 0.618. The lowest BCUT2D eigenvalue weighted by Gasteiger charge is -2.08. The Kier molecular flexibility index (Phi) is 1.72. The summed E-state index contributed by atoms with van der Waals surface area (Å²) in [6.07, 6.45) is 0.639. The van der Waals surface area contributed by atoms with Crippen molar-refractivity contribution in [1.29, 1.82) is 0 Å². The van der Waals surface area contributed by atoms with E-state index < -0.39 is 12.5 Å². The topological polar surface area (TPSA) is 29.5 Å². The fourth-order valence-corrected chi connectivity index (χ4v) is 1.04. The molecule has 0 aromatic carbocycles. The maximum Gasteiger partial charge on any atom is 0.0707 e. The minimum atomic E-state index is -0.706. The van der Waals surface area contributed by atoms with E-state index in [4.69, 9.17) is 11.2 Å². The van der Waals surface area contributed by atoms with Gasteiger partial charge in [-0.2, -0.15) is 6.61 Å². The summed E-state index contributed by atoms with van der Waals surface area (Å²) in [4.78, 5) is 0. The zero-order chi connectivity index (χ0) is 6.85. The molecule has 0 saturated carbocycles. The first kappa shape index (κ1) is 5.09. The Morgan fingerprint density at radius 2 is 2.88 bits per heavy atom. The van der Waals surface area contributed by atoms with E-state index in [9.17, 15) is 0 Å². The van der Waals surface area contributed by atoms with E-state index in [1.165, 1.54) is 18.4 Å². The number of rotatable bonds is 1. The van der Waals surface area contributed by atoms with Crippen molar-refractivity contribution < 1.29 is 11.2 Å². The molecule has 0 bridgehead atoms. The van der Waals surface area contributed by atoms with Crippen LogP contribution in [-0.2, 0) is 4.74 Å². The number of ether oxygens (including phenoxy) is 1. The summed E-state index contributed by atoms with van der Waals surface area (Å²) < 4.78 is 12.2. The molecule has 0 spiro atoms. The van der Waals surface area contributed by atoms with Gasteiger partial charge in [0.1, 0.15) is 0 Å². The molecule has 0 aromatic rings. The van der Waals surface area contributed by atoms with Crippen LogP contribution in [0.25, 0.3) is 0 Å². The lowest BCUT2D eigenvalue weighted by Crippen LogP contribution is -2.00. The fraction of sp³-hybridized carbons (Fsp3) is 0.800. The quantitative estimate of drug-likeness (QED) is 0.533. The molecule has 1 rings (SSSR count). The molecule has 8 heavy (non-hydrogen) atoms. The van der Waals surface area contributed by atoms with Crippen molar-refractivity contribution in [3.8, 4) is 0 Å². The van der Waals surface area contributed by atoms with Crippen molar-refractivity contribution in [2.45, 2.75) is 17.9 Å². The van der Waals surface area contributed by atoms with Crippen LogP contribution in [0.2, 0.25) is 0 Å². The highest BCUT2D eigenvalue weighted by Crippen LogP contribution is 2.23. The minimum absolute atomic E-state index is 0.181. The standard InChI is InChI=1S/C5H9O2S/c1-8-5-2-4(6)3-7-5/h3-6H,2H2,1H3/q-1/i2D. The molecule has 3 heteroatoms. The average Bonchev–Trinajstić information content (AvgIpc) is 2.15. The van der Waals surface area contributed by atoms with Gasteiger partial charge in [-0.1, -0.05) is 0 Å². The first-order valence-electron chi connectivity index (χ1n) is 2.95. The summed E-state index contributed by atoms with van der Waals surface area (Å²) in [7, 11) is 0. The van der Waals surface area contributed by atoms with Crippen molar-refractivity contribution in [1.82, 2.24) is 0 Å². The Bertz CT molecular complexity index is 101. The van der Waals surface area contributed by atoms with Crippen LogP contribution in [0.4, 0.5) is 0 Å². The third-order valence-electron chi connectivity index (χ3n) is 0.939.